The Bertz CT molecular complexity index is 412. The Hall–Kier alpha value is -0.770. The van der Waals surface area contributed by atoms with Crippen LogP contribution in [0.4, 0.5) is 5.69 Å². The first kappa shape index (κ1) is 14.6. The molecule has 1 aromatic rings. The van der Waals surface area contributed by atoms with E-state index < -0.39 is 0 Å². The molecule has 0 aliphatic carbocycles. The van der Waals surface area contributed by atoms with Crippen molar-refractivity contribution in [3.8, 4) is 0 Å². The second-order valence-electron chi connectivity index (χ2n) is 5.32. The van der Waals surface area contributed by atoms with Crippen molar-refractivity contribution in [1.82, 2.24) is 4.90 Å². The van der Waals surface area contributed by atoms with E-state index in [-0.39, 0.29) is 6.04 Å². The highest BCUT2D eigenvalue weighted by Crippen LogP contribution is 2.27. The summed E-state index contributed by atoms with van der Waals surface area (Å²) in [5.41, 5.74) is 8.13. The molecule has 1 aliphatic heterocycles. The van der Waals surface area contributed by atoms with Gasteiger partial charge >= 0.3 is 0 Å². The lowest BCUT2D eigenvalue weighted by Crippen LogP contribution is -2.46. The third kappa shape index (κ3) is 3.62. The minimum absolute atomic E-state index is 0.0112. The fourth-order valence-corrected chi connectivity index (χ4v) is 2.97. The fourth-order valence-electron chi connectivity index (χ4n) is 2.63. The van der Waals surface area contributed by atoms with Crippen molar-refractivity contribution in [3.63, 3.8) is 0 Å². The summed E-state index contributed by atoms with van der Waals surface area (Å²) in [7, 11) is 0. The number of anilines is 1. The van der Waals surface area contributed by atoms with E-state index >= 15 is 0 Å². The van der Waals surface area contributed by atoms with Crippen molar-refractivity contribution >= 4 is 17.3 Å². The molecule has 0 bridgehead atoms. The SMILES string of the molecule is CCCN1CCN(c2ccc(C(C)N)c(Cl)c2)CC1. The molecular weight excluding hydrogens is 258 g/mol. The first-order chi connectivity index (χ1) is 9.11. The Balaban J connectivity index is 2.02. The van der Waals surface area contributed by atoms with Crippen LogP contribution in [0.1, 0.15) is 31.9 Å². The molecule has 4 heteroatoms. The van der Waals surface area contributed by atoms with Gasteiger partial charge in [-0.3, -0.25) is 4.90 Å². The lowest BCUT2D eigenvalue weighted by molar-refractivity contribution is 0.258. The molecule has 0 amide bonds. The van der Waals surface area contributed by atoms with Gasteiger partial charge in [0, 0.05) is 42.9 Å². The van der Waals surface area contributed by atoms with Crippen molar-refractivity contribution in [2.75, 3.05) is 37.6 Å². The summed E-state index contributed by atoms with van der Waals surface area (Å²) in [6.45, 7) is 9.84. The van der Waals surface area contributed by atoms with Gasteiger partial charge in [-0.15, -0.1) is 0 Å². The van der Waals surface area contributed by atoms with Crippen LogP contribution in [0.15, 0.2) is 18.2 Å². The van der Waals surface area contributed by atoms with Crippen LogP contribution in [0.5, 0.6) is 0 Å². The Morgan fingerprint density at radius 2 is 1.95 bits per heavy atom. The first-order valence-corrected chi connectivity index (χ1v) is 7.52. The van der Waals surface area contributed by atoms with Crippen LogP contribution in [0, 0.1) is 0 Å². The van der Waals surface area contributed by atoms with E-state index in [9.17, 15) is 0 Å². The average Bonchev–Trinajstić information content (AvgIpc) is 2.39. The number of halogens is 1. The molecule has 1 aromatic carbocycles. The summed E-state index contributed by atoms with van der Waals surface area (Å²) >= 11 is 6.30. The number of benzene rings is 1. The van der Waals surface area contributed by atoms with E-state index in [4.69, 9.17) is 17.3 Å². The van der Waals surface area contributed by atoms with E-state index in [1.54, 1.807) is 0 Å². The van der Waals surface area contributed by atoms with Crippen molar-refractivity contribution < 1.29 is 0 Å². The lowest BCUT2D eigenvalue weighted by atomic mass is 10.1. The predicted octanol–water partition coefficient (Wildman–Crippen LogP) is 2.89. The van der Waals surface area contributed by atoms with E-state index in [0.717, 1.165) is 36.8 Å². The van der Waals surface area contributed by atoms with Gasteiger partial charge < -0.3 is 10.6 Å². The highest BCUT2D eigenvalue weighted by atomic mass is 35.5. The minimum Gasteiger partial charge on any atom is -0.369 e. The molecule has 19 heavy (non-hydrogen) atoms. The smallest absolute Gasteiger partial charge is 0.0474 e. The van der Waals surface area contributed by atoms with Crippen LogP contribution >= 0.6 is 11.6 Å². The van der Waals surface area contributed by atoms with Gasteiger partial charge in [0.25, 0.3) is 0 Å². The fraction of sp³-hybridized carbons (Fsp3) is 0.600. The molecule has 3 nitrogen and oxygen atoms in total. The molecule has 0 aromatic heterocycles. The van der Waals surface area contributed by atoms with Crippen LogP contribution in [0.3, 0.4) is 0 Å². The Morgan fingerprint density at radius 1 is 1.26 bits per heavy atom. The van der Waals surface area contributed by atoms with Gasteiger partial charge in [-0.1, -0.05) is 24.6 Å². The second kappa shape index (κ2) is 6.60. The van der Waals surface area contributed by atoms with Gasteiger partial charge in [0.15, 0.2) is 0 Å². The molecule has 1 atom stereocenters. The molecule has 2 N–H and O–H groups in total. The third-order valence-electron chi connectivity index (χ3n) is 3.75. The number of piperazine rings is 1. The molecule has 1 heterocycles. The van der Waals surface area contributed by atoms with E-state index in [1.807, 2.05) is 6.92 Å². The number of nitrogens with two attached hydrogens (primary N) is 1. The van der Waals surface area contributed by atoms with Gasteiger partial charge in [-0.25, -0.2) is 0 Å². The van der Waals surface area contributed by atoms with E-state index in [0.29, 0.717) is 0 Å². The Morgan fingerprint density at radius 3 is 2.47 bits per heavy atom. The van der Waals surface area contributed by atoms with Crippen molar-refractivity contribution in [3.05, 3.63) is 28.8 Å². The summed E-state index contributed by atoms with van der Waals surface area (Å²) in [5.74, 6) is 0. The van der Waals surface area contributed by atoms with E-state index in [2.05, 4.69) is 34.9 Å². The van der Waals surface area contributed by atoms with Crippen LogP contribution in [0.25, 0.3) is 0 Å². The highest BCUT2D eigenvalue weighted by Gasteiger charge is 2.17. The molecule has 0 saturated carbocycles. The standard InChI is InChI=1S/C15H24ClN3/c1-3-6-18-7-9-19(10-8-18)13-4-5-14(12(2)17)15(16)11-13/h4-5,11-12H,3,6-10,17H2,1-2H3. The van der Waals surface area contributed by atoms with Crippen LogP contribution in [0.2, 0.25) is 5.02 Å². The lowest BCUT2D eigenvalue weighted by Gasteiger charge is -2.36. The molecule has 0 spiro atoms. The molecule has 106 valence electrons. The zero-order chi connectivity index (χ0) is 13.8. The molecule has 2 rings (SSSR count). The van der Waals surface area contributed by atoms with Crippen molar-refractivity contribution in [2.24, 2.45) is 5.73 Å². The third-order valence-corrected chi connectivity index (χ3v) is 4.08. The first-order valence-electron chi connectivity index (χ1n) is 7.14. The largest absolute Gasteiger partial charge is 0.369 e. The van der Waals surface area contributed by atoms with Gasteiger partial charge in [-0.2, -0.15) is 0 Å². The van der Waals surface area contributed by atoms with Crippen LogP contribution in [-0.2, 0) is 0 Å². The van der Waals surface area contributed by atoms with Gasteiger partial charge in [-0.05, 0) is 37.6 Å². The second-order valence-corrected chi connectivity index (χ2v) is 5.73. The molecule has 1 fully saturated rings. The molecule has 0 radical (unpaired) electrons. The normalized spacial score (nSPS) is 18.6. The summed E-state index contributed by atoms with van der Waals surface area (Å²) in [6, 6.07) is 6.24. The summed E-state index contributed by atoms with van der Waals surface area (Å²) in [6.07, 6.45) is 1.23. The van der Waals surface area contributed by atoms with Crippen molar-refractivity contribution in [2.45, 2.75) is 26.3 Å². The molecule has 1 aliphatic rings. The molecule has 1 unspecified atom stereocenters. The number of hydrogen-bond acceptors (Lipinski definition) is 3. The van der Waals surface area contributed by atoms with Crippen molar-refractivity contribution in [1.29, 1.82) is 0 Å². The van der Waals surface area contributed by atoms with Gasteiger partial charge in [0.05, 0.1) is 0 Å². The van der Waals surface area contributed by atoms with Crippen LogP contribution in [-0.4, -0.2) is 37.6 Å². The van der Waals surface area contributed by atoms with Gasteiger partial charge in [0.2, 0.25) is 0 Å². The summed E-state index contributed by atoms with van der Waals surface area (Å²) in [5, 5.41) is 0.781. The highest BCUT2D eigenvalue weighted by molar-refractivity contribution is 6.31. The zero-order valence-corrected chi connectivity index (χ0v) is 12.7. The Kier molecular flexibility index (Phi) is 5.08. The summed E-state index contributed by atoms with van der Waals surface area (Å²) in [4.78, 5) is 4.93. The van der Waals surface area contributed by atoms with Gasteiger partial charge in [0.1, 0.15) is 0 Å². The minimum atomic E-state index is -0.0112. The monoisotopic (exact) mass is 281 g/mol. The zero-order valence-electron chi connectivity index (χ0n) is 11.9. The summed E-state index contributed by atoms with van der Waals surface area (Å²) < 4.78 is 0. The van der Waals surface area contributed by atoms with E-state index in [1.165, 1.54) is 18.7 Å². The van der Waals surface area contributed by atoms with Crippen LogP contribution < -0.4 is 10.6 Å². The maximum Gasteiger partial charge on any atom is 0.0474 e. The molecule has 1 saturated heterocycles. The Labute approximate surface area is 121 Å². The molecular formula is C15H24ClN3. The average molecular weight is 282 g/mol. The quantitative estimate of drug-likeness (QED) is 0.921. The predicted molar refractivity (Wildman–Crippen MR) is 83.0 cm³/mol. The number of nitrogens with zero attached hydrogens (tertiary/aromatic N) is 2. The number of hydrogen-bond donors (Lipinski definition) is 1. The topological polar surface area (TPSA) is 32.5 Å². The number of rotatable bonds is 4. The maximum absolute atomic E-state index is 6.30. The maximum atomic E-state index is 6.30.